The largest absolute Gasteiger partial charge is 0.355 e. The standard InChI is InChI=1S/C10H21N3O/c1-9(14)12-5-7-13-6-3-4-10(8-13)11-2/h10-11H,3-8H2,1-2H3,(H,12,14). The van der Waals surface area contributed by atoms with E-state index in [1.807, 2.05) is 7.05 Å². The van der Waals surface area contributed by atoms with Gasteiger partial charge in [-0.05, 0) is 26.4 Å². The topological polar surface area (TPSA) is 44.4 Å². The molecular formula is C10H21N3O. The lowest BCUT2D eigenvalue weighted by atomic mass is 10.1. The van der Waals surface area contributed by atoms with E-state index in [0.717, 1.165) is 26.2 Å². The Labute approximate surface area is 86.0 Å². The van der Waals surface area contributed by atoms with Crippen LogP contribution >= 0.6 is 0 Å². The van der Waals surface area contributed by atoms with Crippen molar-refractivity contribution in [3.05, 3.63) is 0 Å². The van der Waals surface area contributed by atoms with Gasteiger partial charge in [0.05, 0.1) is 0 Å². The minimum absolute atomic E-state index is 0.0622. The highest BCUT2D eigenvalue weighted by Gasteiger charge is 2.17. The number of likely N-dealkylation sites (N-methyl/N-ethyl adjacent to an activating group) is 1. The molecular weight excluding hydrogens is 178 g/mol. The molecule has 1 rings (SSSR count). The summed E-state index contributed by atoms with van der Waals surface area (Å²) >= 11 is 0. The normalized spacial score (nSPS) is 23.4. The van der Waals surface area contributed by atoms with E-state index >= 15 is 0 Å². The van der Waals surface area contributed by atoms with Crippen molar-refractivity contribution in [2.75, 3.05) is 33.2 Å². The molecule has 1 amide bonds. The second-order valence-electron chi connectivity index (χ2n) is 3.91. The zero-order chi connectivity index (χ0) is 10.4. The third-order valence-corrected chi connectivity index (χ3v) is 2.72. The summed E-state index contributed by atoms with van der Waals surface area (Å²) in [5.41, 5.74) is 0. The van der Waals surface area contributed by atoms with Gasteiger partial charge in [0.1, 0.15) is 0 Å². The SMILES string of the molecule is CNC1CCCN(CCNC(C)=O)C1. The average Bonchev–Trinajstić information content (AvgIpc) is 2.18. The summed E-state index contributed by atoms with van der Waals surface area (Å²) in [6.45, 7) is 5.57. The number of amides is 1. The Morgan fingerprint density at radius 2 is 2.36 bits per heavy atom. The second kappa shape index (κ2) is 5.98. The first-order valence-electron chi connectivity index (χ1n) is 5.36. The van der Waals surface area contributed by atoms with Crippen LogP contribution in [0, 0.1) is 0 Å². The van der Waals surface area contributed by atoms with Gasteiger partial charge < -0.3 is 15.5 Å². The smallest absolute Gasteiger partial charge is 0.216 e. The molecule has 1 unspecified atom stereocenters. The van der Waals surface area contributed by atoms with Gasteiger partial charge in [0.2, 0.25) is 5.91 Å². The highest BCUT2D eigenvalue weighted by atomic mass is 16.1. The zero-order valence-electron chi connectivity index (χ0n) is 9.18. The maximum Gasteiger partial charge on any atom is 0.216 e. The number of piperidine rings is 1. The summed E-state index contributed by atoms with van der Waals surface area (Å²) in [7, 11) is 2.02. The van der Waals surface area contributed by atoms with E-state index in [-0.39, 0.29) is 5.91 Å². The predicted octanol–water partition coefficient (Wildman–Crippen LogP) is -0.194. The summed E-state index contributed by atoms with van der Waals surface area (Å²) in [5.74, 6) is 0.0622. The molecule has 1 heterocycles. The molecule has 0 aromatic carbocycles. The van der Waals surface area contributed by atoms with Crippen LogP contribution in [0.5, 0.6) is 0 Å². The molecule has 0 radical (unpaired) electrons. The van der Waals surface area contributed by atoms with Crippen molar-refractivity contribution in [2.24, 2.45) is 0 Å². The Kier molecular flexibility index (Phi) is 4.90. The highest BCUT2D eigenvalue weighted by Crippen LogP contribution is 2.08. The van der Waals surface area contributed by atoms with E-state index in [1.54, 1.807) is 6.92 Å². The molecule has 82 valence electrons. The van der Waals surface area contributed by atoms with E-state index in [2.05, 4.69) is 15.5 Å². The third kappa shape index (κ3) is 4.07. The van der Waals surface area contributed by atoms with Crippen LogP contribution in [-0.2, 0) is 4.79 Å². The molecule has 0 spiro atoms. The molecule has 0 saturated carbocycles. The van der Waals surface area contributed by atoms with E-state index in [0.29, 0.717) is 6.04 Å². The van der Waals surface area contributed by atoms with Crippen LogP contribution in [-0.4, -0.2) is 50.1 Å². The Morgan fingerprint density at radius 1 is 1.57 bits per heavy atom. The van der Waals surface area contributed by atoms with Gasteiger partial charge in [0.25, 0.3) is 0 Å². The van der Waals surface area contributed by atoms with Crippen LogP contribution in [0.1, 0.15) is 19.8 Å². The van der Waals surface area contributed by atoms with Gasteiger partial charge in [-0.15, -0.1) is 0 Å². The van der Waals surface area contributed by atoms with Gasteiger partial charge in [-0.2, -0.15) is 0 Å². The average molecular weight is 199 g/mol. The number of hydrogen-bond acceptors (Lipinski definition) is 3. The van der Waals surface area contributed by atoms with E-state index < -0.39 is 0 Å². The summed E-state index contributed by atoms with van der Waals surface area (Å²) < 4.78 is 0. The predicted molar refractivity (Wildman–Crippen MR) is 57.2 cm³/mol. The van der Waals surface area contributed by atoms with Crippen LogP contribution < -0.4 is 10.6 Å². The number of rotatable bonds is 4. The van der Waals surface area contributed by atoms with Gasteiger partial charge in [-0.1, -0.05) is 0 Å². The Balaban J connectivity index is 2.14. The van der Waals surface area contributed by atoms with Crippen molar-refractivity contribution in [2.45, 2.75) is 25.8 Å². The molecule has 0 aromatic heterocycles. The fraction of sp³-hybridized carbons (Fsp3) is 0.900. The fourth-order valence-corrected chi connectivity index (χ4v) is 1.88. The molecule has 1 atom stereocenters. The van der Waals surface area contributed by atoms with Gasteiger partial charge in [-0.3, -0.25) is 4.79 Å². The lowest BCUT2D eigenvalue weighted by Gasteiger charge is -2.32. The molecule has 14 heavy (non-hydrogen) atoms. The first-order valence-corrected chi connectivity index (χ1v) is 5.36. The Bertz CT molecular complexity index is 184. The van der Waals surface area contributed by atoms with Crippen LogP contribution in [0.3, 0.4) is 0 Å². The Morgan fingerprint density at radius 3 is 3.00 bits per heavy atom. The number of carbonyl (C=O) groups is 1. The van der Waals surface area contributed by atoms with Crippen LogP contribution in [0.15, 0.2) is 0 Å². The van der Waals surface area contributed by atoms with Crippen molar-refractivity contribution >= 4 is 5.91 Å². The van der Waals surface area contributed by atoms with Crippen LogP contribution in [0.2, 0.25) is 0 Å². The molecule has 2 N–H and O–H groups in total. The number of nitrogens with one attached hydrogen (secondary N) is 2. The van der Waals surface area contributed by atoms with E-state index in [4.69, 9.17) is 0 Å². The van der Waals surface area contributed by atoms with Crippen LogP contribution in [0.25, 0.3) is 0 Å². The van der Waals surface area contributed by atoms with Gasteiger partial charge in [-0.25, -0.2) is 0 Å². The molecule has 4 nitrogen and oxygen atoms in total. The maximum atomic E-state index is 10.7. The van der Waals surface area contributed by atoms with Crippen molar-refractivity contribution in [1.29, 1.82) is 0 Å². The molecule has 4 heteroatoms. The molecule has 1 aliphatic rings. The molecule has 1 saturated heterocycles. The summed E-state index contributed by atoms with van der Waals surface area (Å²) in [4.78, 5) is 13.1. The highest BCUT2D eigenvalue weighted by molar-refractivity contribution is 5.72. The minimum atomic E-state index is 0.0622. The lowest BCUT2D eigenvalue weighted by Crippen LogP contribution is -2.46. The first-order chi connectivity index (χ1) is 6.72. The van der Waals surface area contributed by atoms with Gasteiger partial charge in [0, 0.05) is 32.6 Å². The number of nitrogens with zero attached hydrogens (tertiary/aromatic N) is 1. The van der Waals surface area contributed by atoms with Crippen molar-refractivity contribution in [3.63, 3.8) is 0 Å². The number of hydrogen-bond donors (Lipinski definition) is 2. The molecule has 1 fully saturated rings. The fourth-order valence-electron chi connectivity index (χ4n) is 1.88. The molecule has 0 aliphatic carbocycles. The van der Waals surface area contributed by atoms with Crippen molar-refractivity contribution in [1.82, 2.24) is 15.5 Å². The van der Waals surface area contributed by atoms with Crippen molar-refractivity contribution in [3.8, 4) is 0 Å². The monoisotopic (exact) mass is 199 g/mol. The lowest BCUT2D eigenvalue weighted by molar-refractivity contribution is -0.119. The van der Waals surface area contributed by atoms with Gasteiger partial charge >= 0.3 is 0 Å². The molecule has 1 aliphatic heterocycles. The van der Waals surface area contributed by atoms with E-state index in [1.165, 1.54) is 12.8 Å². The van der Waals surface area contributed by atoms with Crippen LogP contribution in [0.4, 0.5) is 0 Å². The summed E-state index contributed by atoms with van der Waals surface area (Å²) in [6, 6.07) is 0.626. The molecule has 0 bridgehead atoms. The third-order valence-electron chi connectivity index (χ3n) is 2.72. The molecule has 0 aromatic rings. The summed E-state index contributed by atoms with van der Waals surface area (Å²) in [5, 5.41) is 6.13. The van der Waals surface area contributed by atoms with Crippen molar-refractivity contribution < 1.29 is 4.79 Å². The first kappa shape index (κ1) is 11.5. The quantitative estimate of drug-likeness (QED) is 0.659. The maximum absolute atomic E-state index is 10.7. The minimum Gasteiger partial charge on any atom is -0.355 e. The van der Waals surface area contributed by atoms with Gasteiger partial charge in [0.15, 0.2) is 0 Å². The number of carbonyl (C=O) groups excluding carboxylic acids is 1. The Hall–Kier alpha value is -0.610. The summed E-state index contributed by atoms with van der Waals surface area (Å²) in [6.07, 6.45) is 2.53. The van der Waals surface area contributed by atoms with E-state index in [9.17, 15) is 4.79 Å². The number of likely N-dealkylation sites (tertiary alicyclic amines) is 1. The zero-order valence-corrected chi connectivity index (χ0v) is 9.18. The second-order valence-corrected chi connectivity index (χ2v) is 3.91.